The fourth-order valence-corrected chi connectivity index (χ4v) is 2.34. The Morgan fingerprint density at radius 1 is 1.41 bits per heavy atom. The van der Waals surface area contributed by atoms with Crippen LogP contribution in [0.3, 0.4) is 0 Å². The van der Waals surface area contributed by atoms with Crippen LogP contribution in [0.15, 0.2) is 23.2 Å². The predicted octanol–water partition coefficient (Wildman–Crippen LogP) is 2.33. The Bertz CT molecular complexity index is 485. The lowest BCUT2D eigenvalue weighted by atomic mass is 10.4. The quantitative estimate of drug-likeness (QED) is 0.831. The molecule has 2 heterocycles. The lowest BCUT2D eigenvalue weighted by Gasteiger charge is -2.04. The van der Waals surface area contributed by atoms with Crippen LogP contribution in [0.4, 0.5) is 0 Å². The number of hydrogen-bond donors (Lipinski definition) is 1. The summed E-state index contributed by atoms with van der Waals surface area (Å²) in [6.45, 7) is 1.88. The number of hydrogen-bond acceptors (Lipinski definition) is 4. The van der Waals surface area contributed by atoms with Crippen LogP contribution in [0, 0.1) is 0 Å². The summed E-state index contributed by atoms with van der Waals surface area (Å²) in [5.74, 6) is 1.20. The number of halogens is 1. The van der Waals surface area contributed by atoms with Gasteiger partial charge >= 0.3 is 0 Å². The second kappa shape index (κ2) is 6.37. The zero-order valence-corrected chi connectivity index (χ0v) is 12.1. The van der Waals surface area contributed by atoms with Gasteiger partial charge in [0.15, 0.2) is 5.65 Å². The third-order valence-electron chi connectivity index (χ3n) is 2.45. The molecule has 0 unspecified atom stereocenters. The minimum atomic E-state index is 0.826. The Morgan fingerprint density at radius 2 is 2.29 bits per heavy atom. The van der Waals surface area contributed by atoms with Crippen LogP contribution in [0.5, 0.6) is 0 Å². The molecule has 2 aromatic rings. The van der Waals surface area contributed by atoms with E-state index in [1.807, 2.05) is 24.2 Å². The fraction of sp³-hybridized carbons (Fsp3) is 0.455. The van der Waals surface area contributed by atoms with Crippen molar-refractivity contribution in [3.63, 3.8) is 0 Å². The minimum Gasteiger partial charge on any atom is -0.311 e. The van der Waals surface area contributed by atoms with Gasteiger partial charge < -0.3 is 5.32 Å². The van der Waals surface area contributed by atoms with E-state index in [9.17, 15) is 0 Å². The van der Waals surface area contributed by atoms with Crippen LogP contribution in [-0.2, 0) is 6.54 Å². The van der Waals surface area contributed by atoms with Gasteiger partial charge in [-0.3, -0.25) is 4.40 Å². The molecule has 0 atom stereocenters. The first-order chi connectivity index (χ1) is 8.31. The van der Waals surface area contributed by atoms with Crippen LogP contribution in [0.2, 0.25) is 0 Å². The third-order valence-corrected chi connectivity index (χ3v) is 3.56. The van der Waals surface area contributed by atoms with Gasteiger partial charge in [-0.25, -0.2) is 9.97 Å². The van der Waals surface area contributed by atoms with Crippen molar-refractivity contribution < 1.29 is 0 Å². The molecule has 0 saturated carbocycles. The first-order valence-corrected chi connectivity index (χ1v) is 7.67. The topological polar surface area (TPSA) is 42.2 Å². The molecule has 92 valence electrons. The van der Waals surface area contributed by atoms with E-state index in [0.29, 0.717) is 0 Å². The molecule has 4 nitrogen and oxygen atoms in total. The van der Waals surface area contributed by atoms with Crippen LogP contribution in [0.1, 0.15) is 12.1 Å². The van der Waals surface area contributed by atoms with Crippen LogP contribution >= 0.6 is 27.7 Å². The van der Waals surface area contributed by atoms with Crippen molar-refractivity contribution in [2.24, 2.45) is 0 Å². The Hall–Kier alpha value is -0.590. The van der Waals surface area contributed by atoms with Crippen molar-refractivity contribution in [3.05, 3.63) is 28.9 Å². The monoisotopic (exact) mass is 314 g/mol. The van der Waals surface area contributed by atoms with Gasteiger partial charge in [-0.1, -0.05) is 0 Å². The van der Waals surface area contributed by atoms with Gasteiger partial charge in [0.1, 0.15) is 4.60 Å². The molecule has 6 heteroatoms. The van der Waals surface area contributed by atoms with Crippen molar-refractivity contribution >= 4 is 33.3 Å². The normalized spacial score (nSPS) is 11.2. The Morgan fingerprint density at radius 3 is 3.12 bits per heavy atom. The lowest BCUT2D eigenvalue weighted by Crippen LogP contribution is -2.16. The highest BCUT2D eigenvalue weighted by molar-refractivity contribution is 9.10. The Balaban J connectivity index is 1.96. The average Bonchev–Trinajstić information content (AvgIpc) is 2.72. The number of fused-ring (bicyclic) bond motifs is 1. The fourth-order valence-electron chi connectivity index (χ4n) is 1.60. The molecule has 0 bridgehead atoms. The summed E-state index contributed by atoms with van der Waals surface area (Å²) in [7, 11) is 0. The molecule has 0 aliphatic heterocycles. The molecule has 2 rings (SSSR count). The van der Waals surface area contributed by atoms with Gasteiger partial charge in [0.05, 0.1) is 18.1 Å². The smallest absolute Gasteiger partial charge is 0.155 e. The van der Waals surface area contributed by atoms with E-state index < -0.39 is 0 Å². The average molecular weight is 315 g/mol. The number of aromatic nitrogens is 3. The van der Waals surface area contributed by atoms with E-state index in [1.54, 1.807) is 6.20 Å². The first-order valence-electron chi connectivity index (χ1n) is 5.48. The predicted molar refractivity (Wildman–Crippen MR) is 75.4 cm³/mol. The second-order valence-electron chi connectivity index (χ2n) is 3.71. The second-order valence-corrected chi connectivity index (χ2v) is 5.51. The lowest BCUT2D eigenvalue weighted by molar-refractivity contribution is 0.663. The van der Waals surface area contributed by atoms with E-state index >= 15 is 0 Å². The molecular formula is C11H15BrN4S. The largest absolute Gasteiger partial charge is 0.311 e. The number of nitrogens with zero attached hydrogens (tertiary/aromatic N) is 3. The van der Waals surface area contributed by atoms with Crippen molar-refractivity contribution in [1.29, 1.82) is 0 Å². The molecular weight excluding hydrogens is 300 g/mol. The highest BCUT2D eigenvalue weighted by atomic mass is 79.9. The maximum atomic E-state index is 4.31. The summed E-state index contributed by atoms with van der Waals surface area (Å²) < 4.78 is 2.88. The van der Waals surface area contributed by atoms with Gasteiger partial charge in [0, 0.05) is 12.7 Å². The number of nitrogens with one attached hydrogen (secondary N) is 1. The van der Waals surface area contributed by atoms with Crippen molar-refractivity contribution in [2.75, 3.05) is 18.6 Å². The number of imidazole rings is 1. The highest BCUT2D eigenvalue weighted by Gasteiger charge is 2.03. The summed E-state index contributed by atoms with van der Waals surface area (Å²) in [4.78, 5) is 8.46. The molecule has 0 radical (unpaired) electrons. The van der Waals surface area contributed by atoms with Crippen molar-refractivity contribution in [2.45, 2.75) is 13.0 Å². The highest BCUT2D eigenvalue weighted by Crippen LogP contribution is 2.10. The van der Waals surface area contributed by atoms with E-state index in [4.69, 9.17) is 0 Å². The minimum absolute atomic E-state index is 0.826. The van der Waals surface area contributed by atoms with Gasteiger partial charge in [-0.15, -0.1) is 0 Å². The SMILES string of the molecule is CSCCCNCc1cnc2cnc(Br)cn12. The first kappa shape index (κ1) is 12.9. The summed E-state index contributed by atoms with van der Waals surface area (Å²) in [5.41, 5.74) is 2.04. The summed E-state index contributed by atoms with van der Waals surface area (Å²) >= 11 is 5.25. The van der Waals surface area contributed by atoms with Gasteiger partial charge in [-0.2, -0.15) is 11.8 Å². The Labute approximate surface area is 113 Å². The number of rotatable bonds is 6. The van der Waals surface area contributed by atoms with Crippen molar-refractivity contribution in [1.82, 2.24) is 19.7 Å². The van der Waals surface area contributed by atoms with Crippen LogP contribution < -0.4 is 5.32 Å². The van der Waals surface area contributed by atoms with E-state index in [2.05, 4.69) is 41.9 Å². The molecule has 0 aliphatic rings. The van der Waals surface area contributed by atoms with Gasteiger partial charge in [-0.05, 0) is 40.9 Å². The molecule has 1 N–H and O–H groups in total. The molecule has 2 aromatic heterocycles. The van der Waals surface area contributed by atoms with Crippen molar-refractivity contribution in [3.8, 4) is 0 Å². The molecule has 0 aliphatic carbocycles. The molecule has 0 aromatic carbocycles. The van der Waals surface area contributed by atoms with Crippen LogP contribution in [0.25, 0.3) is 5.65 Å². The van der Waals surface area contributed by atoms with E-state index in [0.717, 1.165) is 29.0 Å². The van der Waals surface area contributed by atoms with Crippen LogP contribution in [-0.4, -0.2) is 32.9 Å². The Kier molecular flexibility index (Phi) is 4.82. The van der Waals surface area contributed by atoms with E-state index in [1.165, 1.54) is 12.2 Å². The van der Waals surface area contributed by atoms with Gasteiger partial charge in [0.25, 0.3) is 0 Å². The summed E-state index contributed by atoms with van der Waals surface area (Å²) in [6, 6.07) is 0. The summed E-state index contributed by atoms with van der Waals surface area (Å²) in [6.07, 6.45) is 8.94. The van der Waals surface area contributed by atoms with E-state index in [-0.39, 0.29) is 0 Å². The molecule has 0 amide bonds. The third kappa shape index (κ3) is 3.43. The standard InChI is InChI=1S/C11H15BrN4S/c1-17-4-2-3-13-5-9-6-15-11-7-14-10(12)8-16(9)11/h6-8,13H,2-5H2,1H3. The van der Waals surface area contributed by atoms with Gasteiger partial charge in [0.2, 0.25) is 0 Å². The molecule has 0 spiro atoms. The molecule has 0 fully saturated rings. The zero-order valence-electron chi connectivity index (χ0n) is 9.69. The maximum Gasteiger partial charge on any atom is 0.155 e. The maximum absolute atomic E-state index is 4.31. The molecule has 0 saturated heterocycles. The molecule has 17 heavy (non-hydrogen) atoms. The number of thioether (sulfide) groups is 1. The zero-order chi connectivity index (χ0) is 12.1. The summed E-state index contributed by atoms with van der Waals surface area (Å²) in [5, 5.41) is 3.42.